The van der Waals surface area contributed by atoms with Crippen molar-refractivity contribution in [3.05, 3.63) is 5.82 Å². The molecule has 0 bridgehead atoms. The highest BCUT2D eigenvalue weighted by atomic mass is 15.4. The summed E-state index contributed by atoms with van der Waals surface area (Å²) in [4.78, 5) is 20.3. The Hall–Kier alpha value is -1.51. The first-order valence-corrected chi connectivity index (χ1v) is 20.7. The molecule has 2 fully saturated rings. The first-order valence-electron chi connectivity index (χ1n) is 20.7. The Bertz CT molecular complexity index is 1080. The molecule has 1 aromatic heterocycles. The van der Waals surface area contributed by atoms with E-state index in [2.05, 4.69) is 109 Å². The smallest absolute Gasteiger partial charge is 0.230 e. The Morgan fingerprint density at radius 3 is 2.08 bits per heavy atom. The van der Waals surface area contributed by atoms with E-state index in [1.807, 2.05) is 0 Å². The van der Waals surface area contributed by atoms with Crippen molar-refractivity contribution < 1.29 is 0 Å². The normalized spacial score (nSPS) is 27.4. The molecule has 0 amide bonds. The maximum Gasteiger partial charge on any atom is 0.230 e. The second-order valence-electron chi connectivity index (χ2n) is 17.3. The van der Waals surface area contributed by atoms with Crippen molar-refractivity contribution in [1.29, 1.82) is 0 Å². The fourth-order valence-electron chi connectivity index (χ4n) is 9.05. The maximum absolute atomic E-state index is 5.26. The lowest BCUT2D eigenvalue weighted by molar-refractivity contribution is 0.0632. The van der Waals surface area contributed by atoms with E-state index in [9.17, 15) is 0 Å². The van der Waals surface area contributed by atoms with Crippen molar-refractivity contribution in [1.82, 2.24) is 30.9 Å². The van der Waals surface area contributed by atoms with E-state index in [0.717, 1.165) is 81.2 Å². The number of aryl methyl sites for hydroxylation is 1. The van der Waals surface area contributed by atoms with Crippen molar-refractivity contribution in [2.45, 2.75) is 207 Å². The minimum atomic E-state index is 0.124. The molecular weight excluding hydrogens is 605 g/mol. The Morgan fingerprint density at radius 1 is 0.857 bits per heavy atom. The van der Waals surface area contributed by atoms with Crippen molar-refractivity contribution in [3.63, 3.8) is 0 Å². The average Bonchev–Trinajstić information content (AvgIpc) is 3.08. The van der Waals surface area contributed by atoms with Crippen LogP contribution in [0.4, 0.5) is 11.9 Å². The molecule has 6 unspecified atom stereocenters. The summed E-state index contributed by atoms with van der Waals surface area (Å²) in [6.45, 7) is 25.6. The van der Waals surface area contributed by atoms with Crippen molar-refractivity contribution in [3.8, 4) is 0 Å². The molecule has 3 rings (SSSR count). The summed E-state index contributed by atoms with van der Waals surface area (Å²) < 4.78 is 0. The van der Waals surface area contributed by atoms with Crippen molar-refractivity contribution in [2.24, 2.45) is 11.8 Å². The quantitative estimate of drug-likeness (QED) is 0.111. The Morgan fingerprint density at radius 2 is 1.51 bits per heavy atom. The van der Waals surface area contributed by atoms with Gasteiger partial charge in [0, 0.05) is 54.8 Å². The van der Waals surface area contributed by atoms with Gasteiger partial charge in [0.25, 0.3) is 0 Å². The fourth-order valence-corrected chi connectivity index (χ4v) is 9.05. The third-order valence-corrected chi connectivity index (χ3v) is 12.6. The molecule has 0 saturated carbocycles. The molecule has 2 aliphatic heterocycles. The maximum atomic E-state index is 5.26. The summed E-state index contributed by atoms with van der Waals surface area (Å²) in [5.41, 5.74) is 0.672. The minimum Gasteiger partial charge on any atom is -0.341 e. The number of anilines is 2. The third kappa shape index (κ3) is 12.3. The van der Waals surface area contributed by atoms with Gasteiger partial charge in [-0.2, -0.15) is 15.0 Å². The molecule has 8 nitrogen and oxygen atoms in total. The summed E-state index contributed by atoms with van der Waals surface area (Å²) in [7, 11) is 4.28. The summed E-state index contributed by atoms with van der Waals surface area (Å²) in [6.07, 6.45) is 19.3. The van der Waals surface area contributed by atoms with Gasteiger partial charge in [-0.25, -0.2) is 0 Å². The van der Waals surface area contributed by atoms with Gasteiger partial charge in [0.05, 0.1) is 0 Å². The highest BCUT2D eigenvalue weighted by Crippen LogP contribution is 2.42. The number of nitrogens with zero attached hydrogens (tertiary/aromatic N) is 5. The number of hydrogen-bond acceptors (Lipinski definition) is 8. The molecular formula is C41H80N8. The number of piperidine rings is 2. The SMILES string of the molecule is CCCC(CC(C)NC)N(CCCCCCC(CC)C1CC(C)(CC)NC(C)(CC)C1)c1nc(CC)nc(N(C)C2CCNC(C)(C)C2)n1. The lowest BCUT2D eigenvalue weighted by atomic mass is 9.67. The molecule has 8 heteroatoms. The van der Waals surface area contributed by atoms with Crippen LogP contribution >= 0.6 is 0 Å². The van der Waals surface area contributed by atoms with Crippen molar-refractivity contribution >= 4 is 11.9 Å². The molecule has 0 aliphatic carbocycles. The largest absolute Gasteiger partial charge is 0.341 e. The van der Waals surface area contributed by atoms with E-state index in [4.69, 9.17) is 15.0 Å². The van der Waals surface area contributed by atoms with Crippen LogP contribution in [-0.2, 0) is 6.42 Å². The molecule has 3 heterocycles. The minimum absolute atomic E-state index is 0.124. The molecule has 1 aromatic rings. The monoisotopic (exact) mass is 685 g/mol. The Balaban J connectivity index is 1.72. The lowest BCUT2D eigenvalue weighted by Gasteiger charge is -2.51. The second kappa shape index (κ2) is 19.4. The molecule has 2 aliphatic rings. The van der Waals surface area contributed by atoms with Gasteiger partial charge in [-0.05, 0) is 118 Å². The topological polar surface area (TPSA) is 81.2 Å². The zero-order chi connectivity index (χ0) is 36.2. The molecule has 2 saturated heterocycles. The third-order valence-electron chi connectivity index (χ3n) is 12.6. The van der Waals surface area contributed by atoms with Crippen LogP contribution in [-0.4, -0.2) is 76.9 Å². The highest BCUT2D eigenvalue weighted by molar-refractivity contribution is 5.41. The van der Waals surface area contributed by atoms with Crippen LogP contribution < -0.4 is 25.8 Å². The van der Waals surface area contributed by atoms with Crippen LogP contribution in [0.3, 0.4) is 0 Å². The summed E-state index contributed by atoms with van der Waals surface area (Å²) in [5, 5.41) is 11.3. The molecule has 6 atom stereocenters. The van der Waals surface area contributed by atoms with Crippen LogP contribution in [0.2, 0.25) is 0 Å². The van der Waals surface area contributed by atoms with Gasteiger partial charge in [-0.15, -0.1) is 0 Å². The Kier molecular flexibility index (Phi) is 16.6. The van der Waals surface area contributed by atoms with Crippen LogP contribution in [0.25, 0.3) is 0 Å². The molecule has 0 radical (unpaired) electrons. The molecule has 49 heavy (non-hydrogen) atoms. The second-order valence-corrected chi connectivity index (χ2v) is 17.3. The van der Waals surface area contributed by atoms with E-state index in [1.54, 1.807) is 0 Å². The summed E-state index contributed by atoms with van der Waals surface area (Å²) in [6, 6.07) is 1.26. The van der Waals surface area contributed by atoms with Gasteiger partial charge in [0.1, 0.15) is 5.82 Å². The number of rotatable bonds is 21. The molecule has 0 aromatic carbocycles. The predicted octanol–water partition coefficient (Wildman–Crippen LogP) is 8.69. The first kappa shape index (κ1) is 41.9. The van der Waals surface area contributed by atoms with Crippen LogP contribution in [0, 0.1) is 11.8 Å². The number of nitrogens with one attached hydrogen (secondary N) is 3. The number of aromatic nitrogens is 3. The van der Waals surface area contributed by atoms with Gasteiger partial charge in [-0.1, -0.05) is 73.1 Å². The van der Waals surface area contributed by atoms with Gasteiger partial charge in [0.2, 0.25) is 11.9 Å². The van der Waals surface area contributed by atoms with Crippen LogP contribution in [0.5, 0.6) is 0 Å². The van der Waals surface area contributed by atoms with E-state index in [1.165, 1.54) is 64.2 Å². The van der Waals surface area contributed by atoms with Gasteiger partial charge in [-0.3, -0.25) is 0 Å². The molecule has 284 valence electrons. The summed E-state index contributed by atoms with van der Waals surface area (Å²) >= 11 is 0. The van der Waals surface area contributed by atoms with Gasteiger partial charge in [0.15, 0.2) is 0 Å². The van der Waals surface area contributed by atoms with E-state index < -0.39 is 0 Å². The summed E-state index contributed by atoms with van der Waals surface area (Å²) in [5.74, 6) is 4.31. The standard InChI is InChI=1S/C41H80N8/c1-13-22-34(27-31(6)42-11)49(38-45-36(15-3)44-37(46-38)48(12)35-24-25-43-39(7,8)30-35)26-21-19-18-20-23-32(14-2)33-28-40(9,16-4)47-41(10,17-5)29-33/h31-35,42-43,47H,13-30H2,1-12H3. The predicted molar refractivity (Wildman–Crippen MR) is 212 cm³/mol. The van der Waals surface area contributed by atoms with E-state index in [-0.39, 0.29) is 16.6 Å². The molecule has 3 N–H and O–H groups in total. The van der Waals surface area contributed by atoms with Gasteiger partial charge >= 0.3 is 0 Å². The van der Waals surface area contributed by atoms with E-state index in [0.29, 0.717) is 18.1 Å². The van der Waals surface area contributed by atoms with E-state index >= 15 is 0 Å². The average molecular weight is 685 g/mol. The zero-order valence-electron chi connectivity index (χ0n) is 34.4. The Labute approximate surface area is 303 Å². The van der Waals surface area contributed by atoms with Crippen LogP contribution in [0.1, 0.15) is 171 Å². The molecule has 0 spiro atoms. The fraction of sp³-hybridized carbons (Fsp3) is 0.927. The van der Waals surface area contributed by atoms with Crippen LogP contribution in [0.15, 0.2) is 0 Å². The zero-order valence-corrected chi connectivity index (χ0v) is 34.4. The first-order chi connectivity index (χ1) is 23.2. The van der Waals surface area contributed by atoms with Gasteiger partial charge < -0.3 is 25.8 Å². The van der Waals surface area contributed by atoms with Crippen molar-refractivity contribution in [2.75, 3.05) is 37.0 Å². The number of unbranched alkanes of at least 4 members (excludes halogenated alkanes) is 3. The highest BCUT2D eigenvalue weighted by Gasteiger charge is 2.43. The lowest BCUT2D eigenvalue weighted by Crippen LogP contribution is -2.61. The number of hydrogen-bond donors (Lipinski definition) is 3.